The predicted octanol–water partition coefficient (Wildman–Crippen LogP) is 18.4. The van der Waals surface area contributed by atoms with Gasteiger partial charge in [-0.15, -0.1) is 0 Å². The maximum absolute atomic E-state index is 12.8. The minimum Gasteiger partial charge on any atom is -0.756 e. The lowest BCUT2D eigenvalue weighted by molar-refractivity contribution is -0.870. The van der Waals surface area contributed by atoms with Gasteiger partial charge in [0.1, 0.15) is 19.8 Å². The summed E-state index contributed by atoms with van der Waals surface area (Å²) in [5, 5.41) is 0. The van der Waals surface area contributed by atoms with E-state index in [1.54, 1.807) is 0 Å². The summed E-state index contributed by atoms with van der Waals surface area (Å²) in [7, 11) is 1.17. The molecule has 0 aromatic heterocycles. The standard InChI is InChI=1S/C61H118NO8P/c1-6-8-10-12-14-16-18-20-22-24-25-26-27-28-29-30-31-32-33-34-35-36-38-39-41-43-45-47-49-51-53-60(63)67-57-59(58-69-71(65,66)68-56-55-62(3,4)5)70-61(64)54-52-50-48-46-44-42-40-37-23-21-19-17-15-13-11-9-7-2/h15,17,21,23,59H,6-14,16,18-20,22,24-58H2,1-5H3/b17-15-,23-21-. The molecule has 0 aliphatic carbocycles. The third kappa shape index (κ3) is 57.6. The SMILES string of the molecule is CCCCC/C=C\C/C=C\CCCCCCCCCC(=O)OC(COC(=O)CCCCCCCCCCCCCCCCCCCCCCCCCCCCCCCC)COP(=O)([O-])OCC[N+](C)(C)C. The molecule has 0 aromatic carbocycles. The van der Waals surface area contributed by atoms with Crippen LogP contribution in [-0.4, -0.2) is 70.0 Å². The molecule has 0 aliphatic heterocycles. The molecule has 0 saturated carbocycles. The quantitative estimate of drug-likeness (QED) is 0.0195. The van der Waals surface area contributed by atoms with Crippen LogP contribution in [0.5, 0.6) is 0 Å². The van der Waals surface area contributed by atoms with Gasteiger partial charge in [0.15, 0.2) is 6.10 Å². The van der Waals surface area contributed by atoms with Crippen LogP contribution in [0.2, 0.25) is 0 Å². The van der Waals surface area contributed by atoms with E-state index >= 15 is 0 Å². The fourth-order valence-electron chi connectivity index (χ4n) is 8.98. The molecule has 0 heterocycles. The van der Waals surface area contributed by atoms with Gasteiger partial charge in [0.25, 0.3) is 7.82 Å². The van der Waals surface area contributed by atoms with Gasteiger partial charge in [0.2, 0.25) is 0 Å². The average Bonchev–Trinajstić information content (AvgIpc) is 3.33. The van der Waals surface area contributed by atoms with Crippen molar-refractivity contribution in [1.82, 2.24) is 0 Å². The Labute approximate surface area is 440 Å². The van der Waals surface area contributed by atoms with Gasteiger partial charge in [0.05, 0.1) is 27.7 Å². The molecule has 2 unspecified atom stereocenters. The van der Waals surface area contributed by atoms with E-state index in [9.17, 15) is 19.0 Å². The molecule has 9 nitrogen and oxygen atoms in total. The van der Waals surface area contributed by atoms with Crippen molar-refractivity contribution in [2.75, 3.05) is 47.5 Å². The van der Waals surface area contributed by atoms with Crippen LogP contribution in [0.1, 0.15) is 303 Å². The highest BCUT2D eigenvalue weighted by Crippen LogP contribution is 2.38. The van der Waals surface area contributed by atoms with Crippen molar-refractivity contribution in [3.63, 3.8) is 0 Å². The summed E-state index contributed by atoms with van der Waals surface area (Å²) in [5.74, 6) is -0.827. The summed E-state index contributed by atoms with van der Waals surface area (Å²) in [4.78, 5) is 37.9. The van der Waals surface area contributed by atoms with Crippen molar-refractivity contribution in [2.24, 2.45) is 0 Å². The first-order valence-electron chi connectivity index (χ1n) is 30.5. The molecule has 0 fully saturated rings. The van der Waals surface area contributed by atoms with Gasteiger partial charge in [-0.2, -0.15) is 0 Å². The van der Waals surface area contributed by atoms with Gasteiger partial charge in [-0.25, -0.2) is 0 Å². The first kappa shape index (κ1) is 69.5. The third-order valence-electron chi connectivity index (χ3n) is 13.7. The summed E-state index contributed by atoms with van der Waals surface area (Å²) in [6, 6.07) is 0. The van der Waals surface area contributed by atoms with Crippen LogP contribution in [0.25, 0.3) is 0 Å². The number of carbonyl (C=O) groups excluding carboxylic acids is 2. The Morgan fingerprint density at radius 1 is 0.437 bits per heavy atom. The van der Waals surface area contributed by atoms with E-state index < -0.39 is 26.5 Å². The highest BCUT2D eigenvalue weighted by molar-refractivity contribution is 7.45. The molecular weight excluding hydrogens is 906 g/mol. The van der Waals surface area contributed by atoms with Crippen LogP contribution in [0.4, 0.5) is 0 Å². The molecule has 0 rings (SSSR count). The number of phosphoric acid groups is 1. The zero-order valence-corrected chi connectivity index (χ0v) is 48.6. The second-order valence-corrected chi connectivity index (χ2v) is 23.5. The number of nitrogens with zero attached hydrogens (tertiary/aromatic N) is 1. The number of unbranched alkanes of at least 4 members (excludes halogenated alkanes) is 39. The average molecular weight is 1020 g/mol. The Balaban J connectivity index is 4.02. The molecule has 0 radical (unpaired) electrons. The molecule has 420 valence electrons. The number of quaternary nitrogens is 1. The number of rotatable bonds is 57. The van der Waals surface area contributed by atoms with Crippen LogP contribution in [0.3, 0.4) is 0 Å². The van der Waals surface area contributed by atoms with Crippen molar-refractivity contribution in [3.8, 4) is 0 Å². The van der Waals surface area contributed by atoms with Gasteiger partial charge in [-0.05, 0) is 44.9 Å². The Bertz CT molecular complexity index is 1250. The number of ether oxygens (including phenoxy) is 2. The Kier molecular flexibility index (Phi) is 52.2. The summed E-state index contributed by atoms with van der Waals surface area (Å²) in [6.07, 6.45) is 63.9. The van der Waals surface area contributed by atoms with Crippen LogP contribution >= 0.6 is 7.82 Å². The monoisotopic (exact) mass is 1020 g/mol. The van der Waals surface area contributed by atoms with Crippen molar-refractivity contribution in [1.29, 1.82) is 0 Å². The number of allylic oxidation sites excluding steroid dienone is 4. The molecule has 0 aromatic rings. The molecule has 0 saturated heterocycles. The van der Waals surface area contributed by atoms with E-state index in [0.717, 1.165) is 51.4 Å². The highest BCUT2D eigenvalue weighted by atomic mass is 31.2. The minimum absolute atomic E-state index is 0.0302. The third-order valence-corrected chi connectivity index (χ3v) is 14.7. The van der Waals surface area contributed by atoms with Gasteiger partial charge in [0, 0.05) is 12.8 Å². The highest BCUT2D eigenvalue weighted by Gasteiger charge is 2.22. The van der Waals surface area contributed by atoms with E-state index in [4.69, 9.17) is 18.5 Å². The van der Waals surface area contributed by atoms with Crippen LogP contribution < -0.4 is 4.89 Å². The first-order valence-corrected chi connectivity index (χ1v) is 32.0. The number of phosphoric ester groups is 1. The van der Waals surface area contributed by atoms with E-state index in [1.807, 2.05) is 21.1 Å². The number of esters is 2. The van der Waals surface area contributed by atoms with Gasteiger partial charge < -0.3 is 27.9 Å². The van der Waals surface area contributed by atoms with Gasteiger partial charge in [-0.3, -0.25) is 14.2 Å². The normalized spacial score (nSPS) is 13.4. The second kappa shape index (κ2) is 53.3. The maximum atomic E-state index is 12.8. The zero-order valence-electron chi connectivity index (χ0n) is 47.7. The fourth-order valence-corrected chi connectivity index (χ4v) is 9.71. The smallest absolute Gasteiger partial charge is 0.306 e. The van der Waals surface area contributed by atoms with E-state index in [2.05, 4.69) is 38.2 Å². The lowest BCUT2D eigenvalue weighted by atomic mass is 10.0. The largest absolute Gasteiger partial charge is 0.756 e. The zero-order chi connectivity index (χ0) is 52.0. The Morgan fingerprint density at radius 2 is 0.761 bits per heavy atom. The lowest BCUT2D eigenvalue weighted by Gasteiger charge is -2.28. The van der Waals surface area contributed by atoms with Crippen LogP contribution in [0, 0.1) is 0 Å². The Morgan fingerprint density at radius 3 is 1.14 bits per heavy atom. The molecule has 10 heteroatoms. The van der Waals surface area contributed by atoms with E-state index in [1.165, 1.54) is 218 Å². The molecule has 0 aliphatic rings. The maximum Gasteiger partial charge on any atom is 0.306 e. The van der Waals surface area contributed by atoms with Crippen molar-refractivity contribution in [2.45, 2.75) is 309 Å². The van der Waals surface area contributed by atoms with E-state index in [-0.39, 0.29) is 32.0 Å². The molecular formula is C61H118NO8P. The van der Waals surface area contributed by atoms with E-state index in [0.29, 0.717) is 17.4 Å². The minimum atomic E-state index is -4.63. The Hall–Kier alpha value is -1.51. The molecule has 0 bridgehead atoms. The molecule has 71 heavy (non-hydrogen) atoms. The van der Waals surface area contributed by atoms with Crippen LogP contribution in [0.15, 0.2) is 24.3 Å². The van der Waals surface area contributed by atoms with Crippen molar-refractivity contribution < 1.29 is 42.1 Å². The summed E-state index contributed by atoms with van der Waals surface area (Å²) in [5.41, 5.74) is 0. The summed E-state index contributed by atoms with van der Waals surface area (Å²) < 4.78 is 34.2. The molecule has 0 amide bonds. The molecule has 0 N–H and O–H groups in total. The summed E-state index contributed by atoms with van der Waals surface area (Å²) >= 11 is 0. The number of hydrogen-bond donors (Lipinski definition) is 0. The van der Waals surface area contributed by atoms with Gasteiger partial charge >= 0.3 is 11.9 Å². The van der Waals surface area contributed by atoms with Gasteiger partial charge in [-0.1, -0.05) is 269 Å². The predicted molar refractivity (Wildman–Crippen MR) is 301 cm³/mol. The fraction of sp³-hybridized carbons (Fsp3) is 0.902. The number of carbonyl (C=O) groups is 2. The van der Waals surface area contributed by atoms with Crippen LogP contribution in [-0.2, 0) is 32.7 Å². The topological polar surface area (TPSA) is 111 Å². The lowest BCUT2D eigenvalue weighted by Crippen LogP contribution is -2.37. The summed E-state index contributed by atoms with van der Waals surface area (Å²) in [6.45, 7) is 4.25. The number of hydrogen-bond acceptors (Lipinski definition) is 8. The number of likely N-dealkylation sites (N-methyl/N-ethyl adjacent to an activating group) is 1. The van der Waals surface area contributed by atoms with Crippen molar-refractivity contribution >= 4 is 19.8 Å². The first-order chi connectivity index (χ1) is 34.5. The molecule has 0 spiro atoms. The second-order valence-electron chi connectivity index (χ2n) is 22.1. The van der Waals surface area contributed by atoms with Crippen molar-refractivity contribution in [3.05, 3.63) is 24.3 Å². The molecule has 2 atom stereocenters.